The molecular weight excluding hydrogens is 202 g/mol. The molecule has 1 aromatic carbocycles. The van der Waals surface area contributed by atoms with Crippen LogP contribution in [-0.2, 0) is 0 Å². The van der Waals surface area contributed by atoms with Crippen LogP contribution in [0, 0.1) is 17.0 Å². The van der Waals surface area contributed by atoms with E-state index in [0.29, 0.717) is 5.92 Å². The predicted octanol–water partition coefficient (Wildman–Crippen LogP) is 4.15. The molecule has 0 aliphatic rings. The van der Waals surface area contributed by atoms with Gasteiger partial charge < -0.3 is 0 Å². The van der Waals surface area contributed by atoms with Gasteiger partial charge in [-0.3, -0.25) is 10.1 Å². The summed E-state index contributed by atoms with van der Waals surface area (Å²) in [5.74, 6) is 0.581. The van der Waals surface area contributed by atoms with Crippen LogP contribution in [0.1, 0.15) is 56.2 Å². The highest BCUT2D eigenvalue weighted by Crippen LogP contribution is 2.33. The number of hydrogen-bond donors (Lipinski definition) is 0. The topological polar surface area (TPSA) is 43.1 Å². The van der Waals surface area contributed by atoms with Crippen molar-refractivity contribution in [3.8, 4) is 0 Å². The van der Waals surface area contributed by atoms with Gasteiger partial charge >= 0.3 is 0 Å². The van der Waals surface area contributed by atoms with Gasteiger partial charge in [-0.15, -0.1) is 0 Å². The summed E-state index contributed by atoms with van der Waals surface area (Å²) in [5.41, 5.74) is 3.39. The van der Waals surface area contributed by atoms with Crippen molar-refractivity contribution in [2.24, 2.45) is 0 Å². The second kappa shape index (κ2) is 4.64. The molecular formula is C13H19NO2. The highest BCUT2D eigenvalue weighted by Gasteiger charge is 2.21. The van der Waals surface area contributed by atoms with Crippen molar-refractivity contribution in [1.29, 1.82) is 0 Å². The standard InChI is InChI=1S/C13H19NO2/c1-8(2)11-6-7-12(14(15)16)13(9(3)4)10(11)5/h6-9H,1-5H3. The lowest BCUT2D eigenvalue weighted by molar-refractivity contribution is -0.385. The monoisotopic (exact) mass is 221 g/mol. The molecule has 16 heavy (non-hydrogen) atoms. The Kier molecular flexibility index (Phi) is 3.68. The molecule has 0 aliphatic heterocycles. The Morgan fingerprint density at radius 3 is 2.06 bits per heavy atom. The van der Waals surface area contributed by atoms with Crippen LogP contribution in [0.5, 0.6) is 0 Å². The van der Waals surface area contributed by atoms with Gasteiger partial charge in [0.2, 0.25) is 0 Å². The summed E-state index contributed by atoms with van der Waals surface area (Å²) >= 11 is 0. The van der Waals surface area contributed by atoms with Crippen LogP contribution in [0.3, 0.4) is 0 Å². The molecule has 0 bridgehead atoms. The molecule has 0 saturated heterocycles. The van der Waals surface area contributed by atoms with E-state index in [-0.39, 0.29) is 16.5 Å². The molecule has 0 unspecified atom stereocenters. The Hall–Kier alpha value is -1.38. The molecule has 0 fully saturated rings. The third-order valence-electron chi connectivity index (χ3n) is 2.93. The quantitative estimate of drug-likeness (QED) is 0.568. The summed E-state index contributed by atoms with van der Waals surface area (Å²) in [4.78, 5) is 10.7. The first-order valence-corrected chi connectivity index (χ1v) is 5.64. The van der Waals surface area contributed by atoms with Crippen LogP contribution in [0.4, 0.5) is 5.69 Å². The van der Waals surface area contributed by atoms with E-state index in [1.54, 1.807) is 6.07 Å². The van der Waals surface area contributed by atoms with E-state index < -0.39 is 0 Å². The van der Waals surface area contributed by atoms with Crippen molar-refractivity contribution >= 4 is 5.69 Å². The molecule has 0 aromatic heterocycles. The van der Waals surface area contributed by atoms with Gasteiger partial charge in [0.25, 0.3) is 5.69 Å². The molecule has 0 spiro atoms. The first kappa shape index (κ1) is 12.7. The smallest absolute Gasteiger partial charge is 0.258 e. The number of hydrogen-bond acceptors (Lipinski definition) is 2. The van der Waals surface area contributed by atoms with Gasteiger partial charge in [0, 0.05) is 11.6 Å². The second-order valence-electron chi connectivity index (χ2n) is 4.78. The largest absolute Gasteiger partial charge is 0.273 e. The molecule has 3 nitrogen and oxygen atoms in total. The minimum Gasteiger partial charge on any atom is -0.258 e. The highest BCUT2D eigenvalue weighted by molar-refractivity contribution is 5.51. The molecule has 0 N–H and O–H groups in total. The summed E-state index contributed by atoms with van der Waals surface area (Å²) < 4.78 is 0. The van der Waals surface area contributed by atoms with Crippen molar-refractivity contribution < 1.29 is 4.92 Å². The zero-order valence-electron chi connectivity index (χ0n) is 10.6. The van der Waals surface area contributed by atoms with E-state index in [2.05, 4.69) is 13.8 Å². The minimum absolute atomic E-state index is 0.180. The molecule has 1 rings (SSSR count). The van der Waals surface area contributed by atoms with Gasteiger partial charge in [-0.2, -0.15) is 0 Å². The van der Waals surface area contributed by atoms with E-state index >= 15 is 0 Å². The maximum absolute atomic E-state index is 11.0. The Morgan fingerprint density at radius 1 is 1.12 bits per heavy atom. The molecule has 0 heterocycles. The SMILES string of the molecule is Cc1c(C(C)C)ccc([N+](=O)[O-])c1C(C)C. The highest BCUT2D eigenvalue weighted by atomic mass is 16.6. The zero-order chi connectivity index (χ0) is 12.5. The lowest BCUT2D eigenvalue weighted by atomic mass is 9.88. The zero-order valence-corrected chi connectivity index (χ0v) is 10.6. The molecule has 0 atom stereocenters. The first-order chi connectivity index (χ1) is 7.36. The van der Waals surface area contributed by atoms with Crippen molar-refractivity contribution in [3.05, 3.63) is 38.9 Å². The van der Waals surface area contributed by atoms with Crippen molar-refractivity contribution in [2.45, 2.75) is 46.5 Å². The van der Waals surface area contributed by atoms with E-state index in [4.69, 9.17) is 0 Å². The number of rotatable bonds is 3. The first-order valence-electron chi connectivity index (χ1n) is 5.64. The van der Waals surface area contributed by atoms with Crippen LogP contribution >= 0.6 is 0 Å². The van der Waals surface area contributed by atoms with Gasteiger partial charge in [0.1, 0.15) is 0 Å². The van der Waals surface area contributed by atoms with Gasteiger partial charge in [-0.1, -0.05) is 33.8 Å². The minimum atomic E-state index is -0.285. The molecule has 0 radical (unpaired) electrons. The Morgan fingerprint density at radius 2 is 1.69 bits per heavy atom. The van der Waals surface area contributed by atoms with Gasteiger partial charge in [-0.05, 0) is 29.9 Å². The number of benzene rings is 1. The van der Waals surface area contributed by atoms with Crippen LogP contribution in [-0.4, -0.2) is 4.92 Å². The van der Waals surface area contributed by atoms with E-state index in [1.807, 2.05) is 26.8 Å². The Bertz CT molecular complexity index is 409. The van der Waals surface area contributed by atoms with Crippen LogP contribution in [0.15, 0.2) is 12.1 Å². The predicted molar refractivity (Wildman–Crippen MR) is 66.0 cm³/mol. The second-order valence-corrected chi connectivity index (χ2v) is 4.78. The van der Waals surface area contributed by atoms with Crippen molar-refractivity contribution in [2.75, 3.05) is 0 Å². The number of nitrogens with zero attached hydrogens (tertiary/aromatic N) is 1. The van der Waals surface area contributed by atoms with Crippen LogP contribution < -0.4 is 0 Å². The summed E-state index contributed by atoms with van der Waals surface area (Å²) in [6, 6.07) is 3.52. The lowest BCUT2D eigenvalue weighted by Gasteiger charge is -2.16. The van der Waals surface area contributed by atoms with Crippen LogP contribution in [0.25, 0.3) is 0 Å². The molecule has 88 valence electrons. The maximum atomic E-state index is 11.0. The fourth-order valence-electron chi connectivity index (χ4n) is 2.24. The molecule has 1 aromatic rings. The Balaban J connectivity index is 3.48. The summed E-state index contributed by atoms with van der Waals surface area (Å²) in [5, 5.41) is 11.0. The van der Waals surface area contributed by atoms with Gasteiger partial charge in [0.05, 0.1) is 4.92 Å². The lowest BCUT2D eigenvalue weighted by Crippen LogP contribution is -2.04. The molecule has 0 aliphatic carbocycles. The summed E-state index contributed by atoms with van der Waals surface area (Å²) in [6.07, 6.45) is 0. The normalized spacial score (nSPS) is 11.2. The van der Waals surface area contributed by atoms with Gasteiger partial charge in [0.15, 0.2) is 0 Å². The molecule has 3 heteroatoms. The van der Waals surface area contributed by atoms with Crippen molar-refractivity contribution in [3.63, 3.8) is 0 Å². The van der Waals surface area contributed by atoms with Gasteiger partial charge in [-0.25, -0.2) is 0 Å². The fraction of sp³-hybridized carbons (Fsp3) is 0.538. The molecule has 0 amide bonds. The fourth-order valence-corrected chi connectivity index (χ4v) is 2.24. The van der Waals surface area contributed by atoms with E-state index in [1.165, 1.54) is 5.56 Å². The average Bonchev–Trinajstić information content (AvgIpc) is 2.15. The van der Waals surface area contributed by atoms with E-state index in [0.717, 1.165) is 11.1 Å². The van der Waals surface area contributed by atoms with E-state index in [9.17, 15) is 10.1 Å². The number of nitro groups is 1. The number of nitro benzene ring substituents is 1. The maximum Gasteiger partial charge on any atom is 0.273 e. The molecule has 0 saturated carbocycles. The average molecular weight is 221 g/mol. The van der Waals surface area contributed by atoms with Crippen LogP contribution in [0.2, 0.25) is 0 Å². The third-order valence-corrected chi connectivity index (χ3v) is 2.93. The summed E-state index contributed by atoms with van der Waals surface area (Å²) in [7, 11) is 0. The Labute approximate surface area is 96.6 Å². The van der Waals surface area contributed by atoms with Crippen molar-refractivity contribution in [1.82, 2.24) is 0 Å². The summed E-state index contributed by atoms with van der Waals surface area (Å²) in [6.45, 7) is 10.2. The third kappa shape index (κ3) is 2.23.